The number of rotatable bonds is 4. The highest BCUT2D eigenvalue weighted by atomic mass is 16.5. The minimum Gasteiger partial charge on any atom is -0.507 e. The average molecular weight is 432 g/mol. The molecular weight excluding hydrogens is 408 g/mol. The first kappa shape index (κ1) is 20.1. The van der Waals surface area contributed by atoms with Crippen LogP contribution in [0.5, 0.6) is 28.7 Å². The maximum absolute atomic E-state index is 10.9. The Labute approximate surface area is 185 Å². The molecule has 32 heavy (non-hydrogen) atoms. The first-order valence-electron chi connectivity index (χ1n) is 10.5. The van der Waals surface area contributed by atoms with Crippen molar-refractivity contribution in [2.24, 2.45) is 0 Å². The summed E-state index contributed by atoms with van der Waals surface area (Å²) >= 11 is 0. The molecule has 0 amide bonds. The van der Waals surface area contributed by atoms with Gasteiger partial charge in [-0.25, -0.2) is 0 Å². The third-order valence-electron chi connectivity index (χ3n) is 6.08. The van der Waals surface area contributed by atoms with Crippen molar-refractivity contribution in [3.63, 3.8) is 0 Å². The van der Waals surface area contributed by atoms with Gasteiger partial charge in [0, 0.05) is 23.3 Å². The molecule has 1 aliphatic heterocycles. The van der Waals surface area contributed by atoms with Gasteiger partial charge >= 0.3 is 0 Å². The van der Waals surface area contributed by atoms with Crippen LogP contribution in [0.4, 0.5) is 0 Å². The van der Waals surface area contributed by atoms with E-state index in [-0.39, 0.29) is 17.6 Å². The SMILES string of the molecule is COc1cc(O)c(-c2cc3c(OC)c(C)c(O)cc3o2)c2c1CCC(c1ccccc1)O2. The minimum atomic E-state index is -0.154. The average Bonchev–Trinajstić information content (AvgIpc) is 3.22. The van der Waals surface area contributed by atoms with Gasteiger partial charge in [-0.05, 0) is 31.4 Å². The highest BCUT2D eigenvalue weighted by Crippen LogP contribution is 2.51. The number of furan rings is 1. The zero-order chi connectivity index (χ0) is 22.4. The Morgan fingerprint density at radius 1 is 0.969 bits per heavy atom. The van der Waals surface area contributed by atoms with Gasteiger partial charge in [0.15, 0.2) is 0 Å². The van der Waals surface area contributed by atoms with E-state index in [1.165, 1.54) is 0 Å². The van der Waals surface area contributed by atoms with Gasteiger partial charge in [-0.2, -0.15) is 0 Å². The number of phenolic OH excluding ortho intramolecular Hbond substituents is 2. The maximum atomic E-state index is 10.9. The van der Waals surface area contributed by atoms with E-state index in [1.54, 1.807) is 39.3 Å². The van der Waals surface area contributed by atoms with Crippen molar-refractivity contribution in [2.45, 2.75) is 25.9 Å². The number of hydrogen-bond acceptors (Lipinski definition) is 6. The fraction of sp³-hybridized carbons (Fsp3) is 0.231. The van der Waals surface area contributed by atoms with E-state index in [2.05, 4.69) is 0 Å². The lowest BCUT2D eigenvalue weighted by Crippen LogP contribution is -2.16. The summed E-state index contributed by atoms with van der Waals surface area (Å²) in [5.74, 6) is 2.15. The number of methoxy groups -OCH3 is 2. The molecule has 0 saturated carbocycles. The summed E-state index contributed by atoms with van der Waals surface area (Å²) in [6, 6.07) is 15.0. The van der Waals surface area contributed by atoms with Crippen molar-refractivity contribution in [3.8, 4) is 40.1 Å². The Bertz CT molecular complexity index is 1310. The second-order valence-corrected chi connectivity index (χ2v) is 7.91. The summed E-state index contributed by atoms with van der Waals surface area (Å²) in [4.78, 5) is 0. The van der Waals surface area contributed by atoms with Crippen LogP contribution in [0.15, 0.2) is 52.9 Å². The van der Waals surface area contributed by atoms with Crippen molar-refractivity contribution in [1.29, 1.82) is 0 Å². The molecule has 1 aliphatic rings. The second kappa shape index (κ2) is 7.71. The van der Waals surface area contributed by atoms with E-state index in [1.807, 2.05) is 30.3 Å². The Morgan fingerprint density at radius 3 is 2.47 bits per heavy atom. The van der Waals surface area contributed by atoms with Gasteiger partial charge in [-0.3, -0.25) is 0 Å². The van der Waals surface area contributed by atoms with E-state index >= 15 is 0 Å². The molecule has 0 radical (unpaired) electrons. The van der Waals surface area contributed by atoms with E-state index in [4.69, 9.17) is 18.6 Å². The van der Waals surface area contributed by atoms with Gasteiger partial charge in [0.25, 0.3) is 0 Å². The van der Waals surface area contributed by atoms with Crippen LogP contribution in [0, 0.1) is 6.92 Å². The molecular formula is C26H24O6. The summed E-state index contributed by atoms with van der Waals surface area (Å²) in [5, 5.41) is 21.9. The molecule has 1 unspecified atom stereocenters. The molecule has 4 aromatic rings. The molecule has 6 heteroatoms. The van der Waals surface area contributed by atoms with Gasteiger partial charge in [0.2, 0.25) is 0 Å². The van der Waals surface area contributed by atoms with E-state index in [9.17, 15) is 10.2 Å². The van der Waals surface area contributed by atoms with Gasteiger partial charge < -0.3 is 28.8 Å². The first-order chi connectivity index (χ1) is 15.5. The van der Waals surface area contributed by atoms with Crippen molar-refractivity contribution in [1.82, 2.24) is 0 Å². The van der Waals surface area contributed by atoms with Crippen LogP contribution in [0.3, 0.4) is 0 Å². The molecule has 3 aromatic carbocycles. The number of benzene rings is 3. The number of fused-ring (bicyclic) bond motifs is 2. The molecule has 6 nitrogen and oxygen atoms in total. The smallest absolute Gasteiger partial charge is 0.143 e. The normalized spacial score (nSPS) is 15.3. The van der Waals surface area contributed by atoms with Crippen LogP contribution in [0.25, 0.3) is 22.3 Å². The topological polar surface area (TPSA) is 81.3 Å². The molecule has 5 rings (SSSR count). The molecule has 1 atom stereocenters. The van der Waals surface area contributed by atoms with Crippen molar-refractivity contribution in [2.75, 3.05) is 14.2 Å². The zero-order valence-corrected chi connectivity index (χ0v) is 18.1. The summed E-state index contributed by atoms with van der Waals surface area (Å²) in [6.07, 6.45) is 1.37. The highest BCUT2D eigenvalue weighted by Gasteiger charge is 2.31. The first-order valence-corrected chi connectivity index (χ1v) is 10.5. The van der Waals surface area contributed by atoms with Crippen LogP contribution < -0.4 is 14.2 Å². The van der Waals surface area contributed by atoms with Gasteiger partial charge in [-0.1, -0.05) is 30.3 Å². The third kappa shape index (κ3) is 3.11. The standard InChI is InChI=1S/C26H24O6/c1-14-18(27)12-22-17(25(14)30-3)11-23(31-22)24-19(28)13-21(29-2)16-9-10-20(32-26(16)24)15-7-5-4-6-8-15/h4-8,11-13,20,27-28H,9-10H2,1-3H3. The van der Waals surface area contributed by atoms with E-state index in [0.29, 0.717) is 45.1 Å². The quantitative estimate of drug-likeness (QED) is 0.418. The summed E-state index contributed by atoms with van der Waals surface area (Å²) in [5.41, 5.74) is 3.49. The lowest BCUT2D eigenvalue weighted by atomic mass is 9.93. The molecule has 0 saturated heterocycles. The third-order valence-corrected chi connectivity index (χ3v) is 6.08. The predicted molar refractivity (Wildman–Crippen MR) is 121 cm³/mol. The molecule has 2 N–H and O–H groups in total. The van der Waals surface area contributed by atoms with E-state index < -0.39 is 0 Å². The Balaban J connectivity index is 1.70. The van der Waals surface area contributed by atoms with E-state index in [0.717, 1.165) is 24.0 Å². The van der Waals surface area contributed by atoms with Gasteiger partial charge in [0.05, 0.1) is 19.6 Å². The van der Waals surface area contributed by atoms with Crippen molar-refractivity contribution in [3.05, 3.63) is 65.2 Å². The number of ether oxygens (including phenoxy) is 3. The van der Waals surface area contributed by atoms with Crippen LogP contribution in [-0.4, -0.2) is 24.4 Å². The highest BCUT2D eigenvalue weighted by molar-refractivity contribution is 5.93. The molecule has 0 aliphatic carbocycles. The van der Waals surface area contributed by atoms with Crippen LogP contribution >= 0.6 is 0 Å². The van der Waals surface area contributed by atoms with Crippen molar-refractivity contribution < 1.29 is 28.8 Å². The summed E-state index contributed by atoms with van der Waals surface area (Å²) < 4.78 is 23.6. The Hall–Kier alpha value is -3.80. The van der Waals surface area contributed by atoms with Crippen LogP contribution in [0.2, 0.25) is 0 Å². The second-order valence-electron chi connectivity index (χ2n) is 7.91. The zero-order valence-electron chi connectivity index (χ0n) is 18.1. The molecule has 1 aromatic heterocycles. The largest absolute Gasteiger partial charge is 0.507 e. The van der Waals surface area contributed by atoms with Crippen LogP contribution in [-0.2, 0) is 6.42 Å². The molecule has 0 bridgehead atoms. The fourth-order valence-corrected chi connectivity index (χ4v) is 4.46. The number of phenols is 2. The Kier molecular flexibility index (Phi) is 4.85. The van der Waals surface area contributed by atoms with Crippen molar-refractivity contribution >= 4 is 11.0 Å². The predicted octanol–water partition coefficient (Wildman–Crippen LogP) is 5.90. The minimum absolute atomic E-state index is 0.00622. The number of hydrogen-bond donors (Lipinski definition) is 2. The van der Waals surface area contributed by atoms with Crippen LogP contribution in [0.1, 0.15) is 29.2 Å². The molecule has 0 spiro atoms. The fourth-order valence-electron chi connectivity index (χ4n) is 4.46. The molecule has 2 heterocycles. The lowest BCUT2D eigenvalue weighted by molar-refractivity contribution is 0.174. The number of aromatic hydroxyl groups is 2. The van der Waals surface area contributed by atoms with Gasteiger partial charge in [-0.15, -0.1) is 0 Å². The summed E-state index contributed by atoms with van der Waals surface area (Å²) in [6.45, 7) is 1.78. The molecule has 0 fully saturated rings. The lowest BCUT2D eigenvalue weighted by Gasteiger charge is -2.29. The summed E-state index contributed by atoms with van der Waals surface area (Å²) in [7, 11) is 3.13. The molecule has 164 valence electrons. The monoisotopic (exact) mass is 432 g/mol. The van der Waals surface area contributed by atoms with Gasteiger partial charge in [0.1, 0.15) is 51.8 Å². The maximum Gasteiger partial charge on any atom is 0.143 e. The Morgan fingerprint density at radius 2 is 1.75 bits per heavy atom.